The third kappa shape index (κ3) is 11.4. The molecule has 1 aromatic heterocycles. The van der Waals surface area contributed by atoms with Crippen molar-refractivity contribution in [3.63, 3.8) is 0 Å². The Bertz CT molecular complexity index is 996. The Kier molecular flexibility index (Phi) is 12.2. The van der Waals surface area contributed by atoms with Crippen LogP contribution in [0.1, 0.15) is 84.9 Å². The zero-order valence-electron chi connectivity index (χ0n) is 23.4. The van der Waals surface area contributed by atoms with Crippen LogP contribution in [0.2, 0.25) is 0 Å². The highest BCUT2D eigenvalue weighted by Crippen LogP contribution is 2.42. The van der Waals surface area contributed by atoms with Crippen LogP contribution in [0.25, 0.3) is 0 Å². The van der Waals surface area contributed by atoms with Crippen molar-refractivity contribution in [3.8, 4) is 0 Å². The van der Waals surface area contributed by atoms with Crippen LogP contribution in [0.4, 0.5) is 26.3 Å². The first-order chi connectivity index (χ1) is 18.1. The molecule has 15 heteroatoms. The monoisotopic (exact) mass is 587 g/mol. The van der Waals surface area contributed by atoms with E-state index in [0.717, 1.165) is 31.6 Å². The highest BCUT2D eigenvalue weighted by molar-refractivity contribution is 5.73. The van der Waals surface area contributed by atoms with Gasteiger partial charge >= 0.3 is 24.3 Å². The highest BCUT2D eigenvalue weighted by atomic mass is 19.4. The Morgan fingerprint density at radius 2 is 1.52 bits per heavy atom. The molecule has 0 unspecified atom stereocenters. The molecular weight excluding hydrogens is 548 g/mol. The summed E-state index contributed by atoms with van der Waals surface area (Å²) in [6.07, 6.45) is -0.601. The van der Waals surface area contributed by atoms with Crippen molar-refractivity contribution in [2.24, 2.45) is 11.1 Å². The first kappa shape index (κ1) is 35.3. The van der Waals surface area contributed by atoms with Crippen LogP contribution in [-0.2, 0) is 15.1 Å². The molecule has 0 radical (unpaired) electrons. The number of carboxylic acids is 2. The van der Waals surface area contributed by atoms with Gasteiger partial charge in [0.25, 0.3) is 0 Å². The number of hydrogen-bond acceptors (Lipinski definition) is 6. The Hall–Kier alpha value is -2.68. The van der Waals surface area contributed by atoms with Gasteiger partial charge in [-0.25, -0.2) is 14.3 Å². The van der Waals surface area contributed by atoms with Gasteiger partial charge in [0, 0.05) is 19.6 Å². The highest BCUT2D eigenvalue weighted by Gasteiger charge is 2.39. The topological polar surface area (TPSA) is 135 Å². The van der Waals surface area contributed by atoms with Gasteiger partial charge in [-0.1, -0.05) is 30.2 Å². The summed E-state index contributed by atoms with van der Waals surface area (Å²) in [6.45, 7) is 14.7. The molecule has 0 saturated carbocycles. The van der Waals surface area contributed by atoms with Crippen molar-refractivity contribution < 1.29 is 46.1 Å². The lowest BCUT2D eigenvalue weighted by molar-refractivity contribution is -0.193. The van der Waals surface area contributed by atoms with E-state index >= 15 is 0 Å². The number of nitrogens with two attached hydrogens (primary N) is 1. The van der Waals surface area contributed by atoms with Gasteiger partial charge in [0.1, 0.15) is 5.69 Å². The molecular formula is C25H39F6N5O4. The van der Waals surface area contributed by atoms with Crippen LogP contribution in [-0.4, -0.2) is 74.0 Å². The summed E-state index contributed by atoms with van der Waals surface area (Å²) in [5.74, 6) is -5.51. The van der Waals surface area contributed by atoms with Gasteiger partial charge in [-0.15, -0.1) is 5.10 Å². The lowest BCUT2D eigenvalue weighted by atomic mass is 9.71. The summed E-state index contributed by atoms with van der Waals surface area (Å²) in [5.41, 5.74) is 10.4. The van der Waals surface area contributed by atoms with Crippen molar-refractivity contribution >= 4 is 11.9 Å². The normalized spacial score (nSPS) is 18.8. The second-order valence-corrected chi connectivity index (χ2v) is 11.2. The van der Waals surface area contributed by atoms with E-state index in [0.29, 0.717) is 11.5 Å². The Morgan fingerprint density at radius 3 is 1.90 bits per heavy atom. The van der Waals surface area contributed by atoms with Crippen LogP contribution < -0.4 is 5.73 Å². The average molecular weight is 588 g/mol. The van der Waals surface area contributed by atoms with E-state index in [1.165, 1.54) is 32.2 Å². The van der Waals surface area contributed by atoms with E-state index in [1.54, 1.807) is 11.1 Å². The Morgan fingerprint density at radius 1 is 1.05 bits per heavy atom. The van der Waals surface area contributed by atoms with Gasteiger partial charge in [-0.05, 0) is 64.7 Å². The van der Waals surface area contributed by atoms with E-state index < -0.39 is 29.8 Å². The fourth-order valence-corrected chi connectivity index (χ4v) is 4.65. The van der Waals surface area contributed by atoms with Crippen LogP contribution in [0, 0.1) is 5.41 Å². The number of nitrogens with zero attached hydrogens (tertiary/aromatic N) is 4. The molecule has 1 aliphatic heterocycles. The molecule has 0 bridgehead atoms. The van der Waals surface area contributed by atoms with Gasteiger partial charge in [-0.2, -0.15) is 26.3 Å². The van der Waals surface area contributed by atoms with E-state index in [-0.39, 0.29) is 0 Å². The summed E-state index contributed by atoms with van der Waals surface area (Å²) in [7, 11) is 0. The minimum Gasteiger partial charge on any atom is -0.475 e. The van der Waals surface area contributed by atoms with Crippen LogP contribution in [0.5, 0.6) is 0 Å². The number of carbonyl (C=O) groups is 2. The SMILES string of the molecule is CC1=C(CCN2CCC(n3cc(C(C)(C)N)nn3)CC2)C(C)(C)CCC1.O=C(O)C(F)(F)F.O=C(O)C(F)(F)F. The fraction of sp³-hybridized carbons (Fsp3) is 0.760. The molecule has 0 spiro atoms. The number of rotatable bonds is 5. The Labute approximate surface area is 229 Å². The predicted octanol–water partition coefficient (Wildman–Crippen LogP) is 5.29. The number of allylic oxidation sites excluding steroid dienone is 1. The molecule has 2 heterocycles. The molecule has 2 aliphatic rings. The number of alkyl halides is 6. The summed E-state index contributed by atoms with van der Waals surface area (Å²) in [4.78, 5) is 20.4. The zero-order valence-corrected chi connectivity index (χ0v) is 23.4. The maximum Gasteiger partial charge on any atom is 0.490 e. The second-order valence-electron chi connectivity index (χ2n) is 11.2. The summed E-state index contributed by atoms with van der Waals surface area (Å²) < 4.78 is 65.5. The van der Waals surface area contributed by atoms with Crippen molar-refractivity contribution in [3.05, 3.63) is 23.0 Å². The first-order valence-corrected chi connectivity index (χ1v) is 12.8. The molecule has 9 nitrogen and oxygen atoms in total. The maximum atomic E-state index is 10.6. The predicted molar refractivity (Wildman–Crippen MR) is 134 cm³/mol. The average Bonchev–Trinajstić information content (AvgIpc) is 3.29. The third-order valence-electron chi connectivity index (χ3n) is 6.95. The van der Waals surface area contributed by atoms with Crippen molar-refractivity contribution in [1.82, 2.24) is 19.9 Å². The molecule has 0 aromatic carbocycles. The van der Waals surface area contributed by atoms with Crippen LogP contribution >= 0.6 is 0 Å². The number of halogens is 6. The van der Waals surface area contributed by atoms with E-state index in [9.17, 15) is 26.3 Å². The molecule has 3 rings (SSSR count). The van der Waals surface area contributed by atoms with E-state index in [4.69, 9.17) is 25.5 Å². The summed E-state index contributed by atoms with van der Waals surface area (Å²) in [5, 5.41) is 22.9. The molecule has 0 amide bonds. The zero-order chi connectivity index (χ0) is 31.1. The van der Waals surface area contributed by atoms with Gasteiger partial charge in [0.15, 0.2) is 0 Å². The van der Waals surface area contributed by atoms with Crippen LogP contribution in [0.15, 0.2) is 17.3 Å². The second kappa shape index (κ2) is 13.8. The molecule has 0 atom stereocenters. The van der Waals surface area contributed by atoms with E-state index in [2.05, 4.69) is 36.0 Å². The number of carboxylic acid groups (broad SMARTS) is 2. The molecule has 230 valence electrons. The molecule has 1 saturated heterocycles. The smallest absolute Gasteiger partial charge is 0.475 e. The number of aromatic nitrogens is 3. The fourth-order valence-electron chi connectivity index (χ4n) is 4.65. The third-order valence-corrected chi connectivity index (χ3v) is 6.95. The van der Waals surface area contributed by atoms with Gasteiger partial charge in [0.05, 0.1) is 17.8 Å². The molecule has 1 aromatic rings. The quantitative estimate of drug-likeness (QED) is 0.313. The van der Waals surface area contributed by atoms with Gasteiger partial charge in [0.2, 0.25) is 0 Å². The minimum atomic E-state index is -5.08. The van der Waals surface area contributed by atoms with Gasteiger partial charge in [-0.3, -0.25) is 0 Å². The lowest BCUT2D eigenvalue weighted by Gasteiger charge is -2.37. The lowest BCUT2D eigenvalue weighted by Crippen LogP contribution is -2.36. The summed E-state index contributed by atoms with van der Waals surface area (Å²) >= 11 is 0. The summed E-state index contributed by atoms with van der Waals surface area (Å²) in [6, 6.07) is 0.460. The molecule has 4 N–H and O–H groups in total. The number of piperidine rings is 1. The van der Waals surface area contributed by atoms with E-state index in [1.807, 2.05) is 24.7 Å². The van der Waals surface area contributed by atoms with Crippen molar-refractivity contribution in [1.29, 1.82) is 0 Å². The molecule has 40 heavy (non-hydrogen) atoms. The van der Waals surface area contributed by atoms with Crippen molar-refractivity contribution in [2.45, 2.75) is 97.1 Å². The van der Waals surface area contributed by atoms with Gasteiger partial charge < -0.3 is 20.8 Å². The molecule has 1 fully saturated rings. The largest absolute Gasteiger partial charge is 0.490 e. The minimum absolute atomic E-state index is 0.396. The maximum absolute atomic E-state index is 10.6. The van der Waals surface area contributed by atoms with Crippen molar-refractivity contribution in [2.75, 3.05) is 19.6 Å². The van der Waals surface area contributed by atoms with Crippen LogP contribution in [0.3, 0.4) is 0 Å². The number of likely N-dealkylation sites (tertiary alicyclic amines) is 1. The number of hydrogen-bond donors (Lipinski definition) is 3. The standard InChI is InChI=1S/C21H37N5.2C2HF3O2/c1-16-7-6-11-20(2,3)18(16)10-14-25-12-8-17(9-13-25)26-15-19(23-24-26)21(4,5)22;2*3-2(4,5)1(6)7/h15,17H,6-14,22H2,1-5H3;2*(H,6,7). The molecule has 1 aliphatic carbocycles. The number of aliphatic carboxylic acids is 2. The first-order valence-electron chi connectivity index (χ1n) is 12.8. The Balaban J connectivity index is 0.000000473.